The second-order valence-electron chi connectivity index (χ2n) is 6.90. The number of aromatic nitrogens is 2. The van der Waals surface area contributed by atoms with Crippen LogP contribution < -0.4 is 4.90 Å². The Balaban J connectivity index is 1.62. The SMILES string of the molecule is CCN1CCN(c2nc(C)c3c(n2)CC(c2ccco2)CC3=O)CC1. The Bertz CT molecular complexity index is 764. The lowest BCUT2D eigenvalue weighted by atomic mass is 9.84. The number of rotatable bonds is 3. The first-order chi connectivity index (χ1) is 12.2. The molecule has 0 spiro atoms. The number of hydrogen-bond acceptors (Lipinski definition) is 6. The molecule has 2 aromatic rings. The van der Waals surface area contributed by atoms with E-state index in [0.717, 1.165) is 67.8 Å². The van der Waals surface area contributed by atoms with Crippen LogP contribution in [0.1, 0.15) is 46.8 Å². The maximum absolute atomic E-state index is 12.6. The fourth-order valence-electron chi connectivity index (χ4n) is 3.89. The summed E-state index contributed by atoms with van der Waals surface area (Å²) in [6.45, 7) is 9.13. The Kier molecular flexibility index (Phi) is 4.29. The molecule has 0 N–H and O–H groups in total. The highest BCUT2D eigenvalue weighted by atomic mass is 16.3. The number of furan rings is 1. The van der Waals surface area contributed by atoms with E-state index in [-0.39, 0.29) is 11.7 Å². The van der Waals surface area contributed by atoms with E-state index < -0.39 is 0 Å². The summed E-state index contributed by atoms with van der Waals surface area (Å²) in [7, 11) is 0. The minimum atomic E-state index is 0.0779. The first kappa shape index (κ1) is 16.3. The van der Waals surface area contributed by atoms with Crippen molar-refractivity contribution in [3.05, 3.63) is 41.1 Å². The molecule has 1 aliphatic heterocycles. The van der Waals surface area contributed by atoms with Crippen molar-refractivity contribution in [1.29, 1.82) is 0 Å². The standard InChI is InChI=1S/C19H24N4O2/c1-3-22-6-8-23(9-7-22)19-20-13(2)18-15(21-19)11-14(12-16(18)24)17-5-4-10-25-17/h4-5,10,14H,3,6-9,11-12H2,1-2H3. The van der Waals surface area contributed by atoms with Crippen molar-refractivity contribution in [2.45, 2.75) is 32.6 Å². The van der Waals surface area contributed by atoms with Gasteiger partial charge in [0.2, 0.25) is 5.95 Å². The predicted octanol–water partition coefficient (Wildman–Crippen LogP) is 2.43. The van der Waals surface area contributed by atoms with Gasteiger partial charge >= 0.3 is 0 Å². The van der Waals surface area contributed by atoms with Crippen LogP contribution in [-0.2, 0) is 6.42 Å². The van der Waals surface area contributed by atoms with Crippen molar-refractivity contribution in [2.75, 3.05) is 37.6 Å². The molecule has 3 heterocycles. The zero-order valence-corrected chi connectivity index (χ0v) is 14.9. The molecule has 132 valence electrons. The third-order valence-electron chi connectivity index (χ3n) is 5.35. The zero-order chi connectivity index (χ0) is 17.4. The second kappa shape index (κ2) is 6.59. The Labute approximate surface area is 147 Å². The smallest absolute Gasteiger partial charge is 0.225 e. The Hall–Kier alpha value is -2.21. The maximum atomic E-state index is 12.6. The lowest BCUT2D eigenvalue weighted by molar-refractivity contribution is 0.0957. The molecule has 1 aliphatic carbocycles. The number of Topliss-reactive ketones (excluding diaryl/α,β-unsaturated/α-hetero) is 1. The van der Waals surface area contributed by atoms with Crippen LogP contribution in [0.5, 0.6) is 0 Å². The molecule has 0 amide bonds. The lowest BCUT2D eigenvalue weighted by Gasteiger charge is -2.34. The zero-order valence-electron chi connectivity index (χ0n) is 14.9. The normalized spacial score (nSPS) is 21.4. The molecule has 0 bridgehead atoms. The third kappa shape index (κ3) is 3.06. The van der Waals surface area contributed by atoms with E-state index in [4.69, 9.17) is 9.40 Å². The third-order valence-corrected chi connectivity index (χ3v) is 5.35. The summed E-state index contributed by atoms with van der Waals surface area (Å²) in [5.74, 6) is 1.84. The number of fused-ring (bicyclic) bond motifs is 1. The summed E-state index contributed by atoms with van der Waals surface area (Å²) in [6, 6.07) is 3.82. The highest BCUT2D eigenvalue weighted by Gasteiger charge is 2.32. The van der Waals surface area contributed by atoms with Gasteiger partial charge in [-0.2, -0.15) is 0 Å². The van der Waals surface area contributed by atoms with E-state index in [1.54, 1.807) is 6.26 Å². The molecule has 0 radical (unpaired) electrons. The maximum Gasteiger partial charge on any atom is 0.225 e. The molecule has 4 rings (SSSR count). The van der Waals surface area contributed by atoms with Crippen LogP contribution in [0, 0.1) is 6.92 Å². The summed E-state index contributed by atoms with van der Waals surface area (Å²) in [5.41, 5.74) is 2.40. The van der Waals surface area contributed by atoms with Crippen LogP contribution in [0.2, 0.25) is 0 Å². The highest BCUT2D eigenvalue weighted by Crippen LogP contribution is 2.34. The van der Waals surface area contributed by atoms with Gasteiger partial charge in [-0.3, -0.25) is 4.79 Å². The summed E-state index contributed by atoms with van der Waals surface area (Å²) in [5, 5.41) is 0. The number of piperazine rings is 1. The van der Waals surface area contributed by atoms with E-state index in [0.29, 0.717) is 6.42 Å². The number of ketones is 1. The summed E-state index contributed by atoms with van der Waals surface area (Å²) >= 11 is 0. The topological polar surface area (TPSA) is 62.5 Å². The van der Waals surface area contributed by atoms with E-state index in [1.807, 2.05) is 19.1 Å². The number of anilines is 1. The van der Waals surface area contributed by atoms with Crippen molar-refractivity contribution in [3.8, 4) is 0 Å². The monoisotopic (exact) mass is 340 g/mol. The quantitative estimate of drug-likeness (QED) is 0.855. The van der Waals surface area contributed by atoms with E-state index in [9.17, 15) is 4.79 Å². The van der Waals surface area contributed by atoms with Crippen molar-refractivity contribution in [3.63, 3.8) is 0 Å². The number of hydrogen-bond donors (Lipinski definition) is 0. The minimum Gasteiger partial charge on any atom is -0.469 e. The molecular weight excluding hydrogens is 316 g/mol. The van der Waals surface area contributed by atoms with Crippen molar-refractivity contribution >= 4 is 11.7 Å². The van der Waals surface area contributed by atoms with Gasteiger partial charge in [0.1, 0.15) is 5.76 Å². The average Bonchev–Trinajstić information content (AvgIpc) is 3.16. The highest BCUT2D eigenvalue weighted by molar-refractivity contribution is 5.99. The van der Waals surface area contributed by atoms with Gasteiger partial charge in [-0.05, 0) is 25.6 Å². The van der Waals surface area contributed by atoms with Crippen molar-refractivity contribution < 1.29 is 9.21 Å². The van der Waals surface area contributed by atoms with Gasteiger partial charge in [-0.15, -0.1) is 0 Å². The molecular formula is C19H24N4O2. The van der Waals surface area contributed by atoms with Crippen molar-refractivity contribution in [2.24, 2.45) is 0 Å². The molecule has 2 aromatic heterocycles. The summed E-state index contributed by atoms with van der Waals surface area (Å²) < 4.78 is 5.53. The first-order valence-electron chi connectivity index (χ1n) is 9.07. The predicted molar refractivity (Wildman–Crippen MR) is 95.2 cm³/mol. The molecule has 0 saturated carbocycles. The fourth-order valence-corrected chi connectivity index (χ4v) is 3.89. The van der Waals surface area contributed by atoms with E-state index in [1.165, 1.54) is 0 Å². The Morgan fingerprint density at radius 2 is 2.00 bits per heavy atom. The molecule has 1 saturated heterocycles. The number of carbonyl (C=O) groups excluding carboxylic acids is 1. The number of aryl methyl sites for hydroxylation is 1. The molecule has 6 nitrogen and oxygen atoms in total. The molecule has 2 aliphatic rings. The Morgan fingerprint density at radius 3 is 2.68 bits per heavy atom. The van der Waals surface area contributed by atoms with Gasteiger partial charge in [0.05, 0.1) is 23.2 Å². The summed E-state index contributed by atoms with van der Waals surface area (Å²) in [4.78, 5) is 26.7. The van der Waals surface area contributed by atoms with Crippen LogP contribution in [0.3, 0.4) is 0 Å². The number of carbonyl (C=O) groups is 1. The molecule has 1 unspecified atom stereocenters. The van der Waals surface area contributed by atoms with Crippen LogP contribution in [0.15, 0.2) is 22.8 Å². The molecule has 25 heavy (non-hydrogen) atoms. The van der Waals surface area contributed by atoms with Crippen molar-refractivity contribution in [1.82, 2.24) is 14.9 Å². The molecule has 1 atom stereocenters. The van der Waals surface area contributed by atoms with Crippen LogP contribution in [-0.4, -0.2) is 53.4 Å². The number of nitrogens with zero attached hydrogens (tertiary/aromatic N) is 4. The largest absolute Gasteiger partial charge is 0.469 e. The van der Waals surface area contributed by atoms with Gasteiger partial charge in [-0.25, -0.2) is 9.97 Å². The van der Waals surface area contributed by atoms with Gasteiger partial charge in [-0.1, -0.05) is 6.92 Å². The second-order valence-corrected chi connectivity index (χ2v) is 6.90. The molecule has 6 heteroatoms. The Morgan fingerprint density at radius 1 is 1.20 bits per heavy atom. The average molecular weight is 340 g/mol. The van der Waals surface area contributed by atoms with Gasteiger partial charge < -0.3 is 14.2 Å². The van der Waals surface area contributed by atoms with Crippen LogP contribution in [0.4, 0.5) is 5.95 Å². The molecule has 1 fully saturated rings. The van der Waals surface area contributed by atoms with Gasteiger partial charge in [0.15, 0.2) is 5.78 Å². The fraction of sp³-hybridized carbons (Fsp3) is 0.526. The van der Waals surface area contributed by atoms with E-state index in [2.05, 4.69) is 21.7 Å². The van der Waals surface area contributed by atoms with E-state index >= 15 is 0 Å². The minimum absolute atomic E-state index is 0.0779. The first-order valence-corrected chi connectivity index (χ1v) is 9.07. The van der Waals surface area contributed by atoms with Gasteiger partial charge in [0.25, 0.3) is 0 Å². The van der Waals surface area contributed by atoms with Crippen LogP contribution in [0.25, 0.3) is 0 Å². The lowest BCUT2D eigenvalue weighted by Crippen LogP contribution is -2.47. The molecule has 0 aromatic carbocycles. The van der Waals surface area contributed by atoms with Gasteiger partial charge in [0, 0.05) is 44.9 Å². The summed E-state index contributed by atoms with van der Waals surface area (Å²) in [6.07, 6.45) is 2.87. The number of likely N-dealkylation sites (N-methyl/N-ethyl adjacent to an activating group) is 1. The van der Waals surface area contributed by atoms with Crippen LogP contribution >= 0.6 is 0 Å².